The summed E-state index contributed by atoms with van der Waals surface area (Å²) < 4.78 is 3.48. The van der Waals surface area contributed by atoms with Crippen molar-refractivity contribution in [3.05, 3.63) is 65.3 Å². The van der Waals surface area contributed by atoms with Crippen LogP contribution in [0.15, 0.2) is 65.3 Å². The second kappa shape index (κ2) is 6.14. The molecule has 1 N–H and O–H groups in total. The molecular weight excluding hydrogens is 312 g/mol. The van der Waals surface area contributed by atoms with Gasteiger partial charge in [-0.2, -0.15) is 0 Å². The molecule has 1 aromatic heterocycles. The molecule has 0 spiro atoms. The summed E-state index contributed by atoms with van der Waals surface area (Å²) in [5.41, 5.74) is 2.48. The van der Waals surface area contributed by atoms with E-state index in [1.165, 1.54) is 21.1 Å². The van der Waals surface area contributed by atoms with Crippen molar-refractivity contribution >= 4 is 32.5 Å². The Bertz CT molecular complexity index is 689. The van der Waals surface area contributed by atoms with E-state index in [9.17, 15) is 0 Å². The molecule has 0 bridgehead atoms. The molecule has 102 valence electrons. The summed E-state index contributed by atoms with van der Waals surface area (Å²) in [6.07, 6.45) is 3.27. The van der Waals surface area contributed by atoms with Gasteiger partial charge in [-0.1, -0.05) is 36.4 Å². The Balaban J connectivity index is 1.60. The minimum absolute atomic E-state index is 0.980. The highest BCUT2D eigenvalue weighted by Gasteiger charge is 2.04. The minimum Gasteiger partial charge on any atom is -0.385 e. The van der Waals surface area contributed by atoms with E-state index in [4.69, 9.17) is 0 Å². The Morgan fingerprint density at radius 2 is 1.70 bits per heavy atom. The number of nitrogens with one attached hydrogen (secondary N) is 1. The van der Waals surface area contributed by atoms with Crippen LogP contribution in [0, 0.1) is 0 Å². The molecule has 0 aliphatic heterocycles. The van der Waals surface area contributed by atoms with E-state index in [0.717, 1.165) is 19.5 Å². The van der Waals surface area contributed by atoms with Crippen LogP contribution in [0.1, 0.15) is 6.42 Å². The van der Waals surface area contributed by atoms with E-state index in [-0.39, 0.29) is 0 Å². The fourth-order valence-electron chi connectivity index (χ4n) is 2.43. The van der Waals surface area contributed by atoms with Crippen LogP contribution >= 0.6 is 15.9 Å². The van der Waals surface area contributed by atoms with Crippen molar-refractivity contribution in [2.75, 3.05) is 11.9 Å². The van der Waals surface area contributed by atoms with E-state index < -0.39 is 0 Å². The number of fused-ring (bicyclic) bond motifs is 1. The molecule has 3 heteroatoms. The van der Waals surface area contributed by atoms with Crippen molar-refractivity contribution in [2.45, 2.75) is 13.0 Å². The van der Waals surface area contributed by atoms with Gasteiger partial charge >= 0.3 is 0 Å². The van der Waals surface area contributed by atoms with Gasteiger partial charge in [0.1, 0.15) is 0 Å². The molecule has 1 heterocycles. The summed E-state index contributed by atoms with van der Waals surface area (Å²) >= 11 is 3.63. The smallest absolute Gasteiger partial charge is 0.0492 e. The van der Waals surface area contributed by atoms with Crippen molar-refractivity contribution in [2.24, 2.45) is 0 Å². The topological polar surface area (TPSA) is 17.0 Å². The molecular formula is C17H17BrN2. The molecule has 0 unspecified atom stereocenters. The highest BCUT2D eigenvalue weighted by Crippen LogP contribution is 2.26. The number of aromatic nitrogens is 1. The Hall–Kier alpha value is -1.74. The zero-order valence-electron chi connectivity index (χ0n) is 11.2. The standard InChI is InChI=1S/C17H17BrN2/c18-16-13-20(17-10-5-4-9-15(16)17)12-6-11-19-14-7-2-1-3-8-14/h1-5,7-10,13,19H,6,11-12H2. The number of para-hydroxylation sites is 2. The van der Waals surface area contributed by atoms with E-state index in [2.05, 4.69) is 80.5 Å². The number of halogens is 1. The fraction of sp³-hybridized carbons (Fsp3) is 0.176. The third-order valence-electron chi connectivity index (χ3n) is 3.42. The monoisotopic (exact) mass is 328 g/mol. The quantitative estimate of drug-likeness (QED) is 0.659. The molecule has 0 amide bonds. The first-order valence-electron chi connectivity index (χ1n) is 6.87. The normalized spacial score (nSPS) is 10.8. The van der Waals surface area contributed by atoms with Crippen molar-refractivity contribution in [3.8, 4) is 0 Å². The molecule has 0 fully saturated rings. The van der Waals surface area contributed by atoms with Crippen LogP contribution < -0.4 is 5.32 Å². The Morgan fingerprint density at radius 3 is 2.55 bits per heavy atom. The molecule has 0 atom stereocenters. The molecule has 3 rings (SSSR count). The Morgan fingerprint density at radius 1 is 0.950 bits per heavy atom. The van der Waals surface area contributed by atoms with Gasteiger partial charge in [-0.3, -0.25) is 0 Å². The maximum atomic E-state index is 3.63. The molecule has 0 radical (unpaired) electrons. The second-order valence-corrected chi connectivity index (χ2v) is 5.69. The van der Waals surface area contributed by atoms with Gasteiger partial charge in [0.25, 0.3) is 0 Å². The van der Waals surface area contributed by atoms with Gasteiger partial charge in [-0.25, -0.2) is 0 Å². The lowest BCUT2D eigenvalue weighted by Gasteiger charge is -2.08. The number of aryl methyl sites for hydroxylation is 1. The van der Waals surface area contributed by atoms with Gasteiger partial charge in [0.05, 0.1) is 0 Å². The first-order chi connectivity index (χ1) is 9.84. The average Bonchev–Trinajstić information content (AvgIpc) is 2.82. The largest absolute Gasteiger partial charge is 0.385 e. The summed E-state index contributed by atoms with van der Waals surface area (Å²) in [5, 5.41) is 4.73. The molecule has 2 aromatic carbocycles. The predicted octanol–water partition coefficient (Wildman–Crippen LogP) is 4.91. The van der Waals surface area contributed by atoms with Crippen LogP contribution in [0.5, 0.6) is 0 Å². The van der Waals surface area contributed by atoms with Crippen molar-refractivity contribution < 1.29 is 0 Å². The summed E-state index contributed by atoms with van der Waals surface area (Å²) in [5.74, 6) is 0. The summed E-state index contributed by atoms with van der Waals surface area (Å²) in [6.45, 7) is 2.00. The summed E-state index contributed by atoms with van der Waals surface area (Å²) in [6, 6.07) is 18.8. The van der Waals surface area contributed by atoms with Crippen LogP contribution in [0.4, 0.5) is 5.69 Å². The van der Waals surface area contributed by atoms with Crippen LogP contribution in [0.2, 0.25) is 0 Å². The second-order valence-electron chi connectivity index (χ2n) is 4.83. The fourth-order valence-corrected chi connectivity index (χ4v) is 3.01. The van der Waals surface area contributed by atoms with Crippen molar-refractivity contribution in [1.29, 1.82) is 0 Å². The van der Waals surface area contributed by atoms with Crippen LogP contribution in [-0.4, -0.2) is 11.1 Å². The lowest BCUT2D eigenvalue weighted by atomic mass is 10.2. The number of rotatable bonds is 5. The number of hydrogen-bond donors (Lipinski definition) is 1. The highest BCUT2D eigenvalue weighted by molar-refractivity contribution is 9.10. The summed E-state index contributed by atoms with van der Waals surface area (Å²) in [7, 11) is 0. The zero-order valence-corrected chi connectivity index (χ0v) is 12.8. The molecule has 0 aliphatic rings. The molecule has 0 saturated carbocycles. The van der Waals surface area contributed by atoms with Crippen LogP contribution in [0.3, 0.4) is 0 Å². The first-order valence-corrected chi connectivity index (χ1v) is 7.66. The van der Waals surface area contributed by atoms with Gasteiger partial charge in [0.15, 0.2) is 0 Å². The maximum absolute atomic E-state index is 3.63. The molecule has 3 aromatic rings. The van der Waals surface area contributed by atoms with Gasteiger partial charge in [-0.15, -0.1) is 0 Å². The van der Waals surface area contributed by atoms with Crippen LogP contribution in [-0.2, 0) is 6.54 Å². The Kier molecular flexibility index (Phi) is 4.07. The SMILES string of the molecule is Brc1cn(CCCNc2ccccc2)c2ccccc12. The van der Waals surface area contributed by atoms with E-state index in [1.807, 2.05) is 6.07 Å². The third-order valence-corrected chi connectivity index (χ3v) is 4.05. The Labute approximate surface area is 127 Å². The lowest BCUT2D eigenvalue weighted by molar-refractivity contribution is 0.682. The van der Waals surface area contributed by atoms with Gasteiger partial charge in [0, 0.05) is 40.3 Å². The molecule has 0 aliphatic carbocycles. The molecule has 20 heavy (non-hydrogen) atoms. The predicted molar refractivity (Wildman–Crippen MR) is 89.2 cm³/mol. The van der Waals surface area contributed by atoms with Gasteiger partial charge in [0.2, 0.25) is 0 Å². The molecule has 2 nitrogen and oxygen atoms in total. The molecule has 0 saturated heterocycles. The van der Waals surface area contributed by atoms with Gasteiger partial charge < -0.3 is 9.88 Å². The van der Waals surface area contributed by atoms with Crippen molar-refractivity contribution in [1.82, 2.24) is 4.57 Å². The number of nitrogens with zero attached hydrogens (tertiary/aromatic N) is 1. The van der Waals surface area contributed by atoms with E-state index in [1.54, 1.807) is 0 Å². The summed E-state index contributed by atoms with van der Waals surface area (Å²) in [4.78, 5) is 0. The van der Waals surface area contributed by atoms with E-state index >= 15 is 0 Å². The number of anilines is 1. The number of benzene rings is 2. The zero-order chi connectivity index (χ0) is 13.8. The highest BCUT2D eigenvalue weighted by atomic mass is 79.9. The number of hydrogen-bond acceptors (Lipinski definition) is 1. The lowest BCUT2D eigenvalue weighted by Crippen LogP contribution is -2.05. The van der Waals surface area contributed by atoms with E-state index in [0.29, 0.717) is 0 Å². The average molecular weight is 329 g/mol. The first kappa shape index (κ1) is 13.3. The third kappa shape index (κ3) is 2.88. The van der Waals surface area contributed by atoms with Crippen molar-refractivity contribution in [3.63, 3.8) is 0 Å². The minimum atomic E-state index is 0.980. The van der Waals surface area contributed by atoms with Crippen LogP contribution in [0.25, 0.3) is 10.9 Å². The van der Waals surface area contributed by atoms with Gasteiger partial charge in [-0.05, 0) is 40.5 Å². The maximum Gasteiger partial charge on any atom is 0.0492 e.